The number of ether oxygens (including phenoxy) is 1. The summed E-state index contributed by atoms with van der Waals surface area (Å²) in [7, 11) is 1.30. The van der Waals surface area contributed by atoms with E-state index < -0.39 is 29.2 Å². The fourth-order valence-electron chi connectivity index (χ4n) is 4.86. The molecule has 2 aliphatic heterocycles. The Morgan fingerprint density at radius 3 is 2.76 bits per heavy atom. The van der Waals surface area contributed by atoms with E-state index in [1.54, 1.807) is 36.4 Å². The van der Waals surface area contributed by atoms with E-state index in [4.69, 9.17) is 9.15 Å². The highest BCUT2D eigenvalue weighted by Gasteiger charge is 2.53. The van der Waals surface area contributed by atoms with E-state index in [2.05, 4.69) is 21.7 Å². The van der Waals surface area contributed by atoms with E-state index in [-0.39, 0.29) is 30.2 Å². The van der Waals surface area contributed by atoms with Crippen LogP contribution in [0.2, 0.25) is 0 Å². The number of nitrogens with one attached hydrogen (secondary N) is 2. The summed E-state index contributed by atoms with van der Waals surface area (Å²) in [5, 5.41) is 14.0. The number of urea groups is 1. The Balaban J connectivity index is 1.39. The van der Waals surface area contributed by atoms with Crippen LogP contribution in [0, 0.1) is 17.1 Å². The van der Waals surface area contributed by atoms with E-state index in [1.807, 2.05) is 6.07 Å². The second-order valence-corrected chi connectivity index (χ2v) is 8.97. The van der Waals surface area contributed by atoms with Gasteiger partial charge in [0.15, 0.2) is 22.7 Å². The smallest absolute Gasteiger partial charge is 0.322 e. The summed E-state index contributed by atoms with van der Waals surface area (Å²) in [6.07, 6.45) is 0. The Labute approximate surface area is 214 Å². The molecule has 0 bridgehead atoms. The second-order valence-electron chi connectivity index (χ2n) is 8.97. The standard InChI is InChI=1S/C27H18FN5O5/c1-37-20-7-5-16-12-33(24(34)22(16)23(20)28)13-27(25(35)31-26(36)32-27)21-10-18-19(38-21)8-6-17(30-18)15-4-2-3-14(9-15)11-29/h2-10H,12-13H2,1H3,(H2,31,32,35,36)/t27-/m0/s1. The lowest BCUT2D eigenvalue weighted by Crippen LogP contribution is -2.52. The maximum atomic E-state index is 14.9. The first-order valence-electron chi connectivity index (χ1n) is 11.5. The number of imide groups is 1. The van der Waals surface area contributed by atoms with Crippen LogP contribution in [0.15, 0.2) is 59.0 Å². The van der Waals surface area contributed by atoms with E-state index in [9.17, 15) is 24.0 Å². The van der Waals surface area contributed by atoms with Crippen LogP contribution in [0.25, 0.3) is 22.4 Å². The van der Waals surface area contributed by atoms with Crippen molar-refractivity contribution < 1.29 is 27.9 Å². The number of nitrogens with zero attached hydrogens (tertiary/aromatic N) is 3. The highest BCUT2D eigenvalue weighted by Crippen LogP contribution is 2.36. The van der Waals surface area contributed by atoms with Crippen molar-refractivity contribution in [2.24, 2.45) is 0 Å². The molecule has 0 spiro atoms. The van der Waals surface area contributed by atoms with Crippen molar-refractivity contribution in [1.29, 1.82) is 5.26 Å². The van der Waals surface area contributed by atoms with Crippen LogP contribution in [0.3, 0.4) is 0 Å². The molecule has 4 aromatic rings. The lowest BCUT2D eigenvalue weighted by atomic mass is 9.95. The molecule has 4 amide bonds. The lowest BCUT2D eigenvalue weighted by Gasteiger charge is -2.28. The zero-order valence-electron chi connectivity index (χ0n) is 19.9. The van der Waals surface area contributed by atoms with Crippen molar-refractivity contribution in [1.82, 2.24) is 20.5 Å². The van der Waals surface area contributed by atoms with Crippen molar-refractivity contribution in [3.8, 4) is 23.1 Å². The van der Waals surface area contributed by atoms with Gasteiger partial charge in [-0.25, -0.2) is 14.2 Å². The van der Waals surface area contributed by atoms with E-state index in [0.29, 0.717) is 33.5 Å². The summed E-state index contributed by atoms with van der Waals surface area (Å²) in [6, 6.07) is 16.2. The number of fused-ring (bicyclic) bond motifs is 2. The van der Waals surface area contributed by atoms with Gasteiger partial charge in [-0.2, -0.15) is 5.26 Å². The van der Waals surface area contributed by atoms with Crippen molar-refractivity contribution in [2.45, 2.75) is 12.1 Å². The summed E-state index contributed by atoms with van der Waals surface area (Å²) >= 11 is 0. The molecule has 0 unspecified atom stereocenters. The number of amides is 4. The van der Waals surface area contributed by atoms with Gasteiger partial charge in [-0.05, 0) is 35.9 Å². The number of nitriles is 1. The molecule has 0 radical (unpaired) electrons. The number of benzene rings is 2. The lowest BCUT2D eigenvalue weighted by molar-refractivity contribution is -0.125. The van der Waals surface area contributed by atoms with Gasteiger partial charge < -0.3 is 19.4 Å². The predicted molar refractivity (Wildman–Crippen MR) is 130 cm³/mol. The van der Waals surface area contributed by atoms with E-state index in [1.165, 1.54) is 24.1 Å². The van der Waals surface area contributed by atoms with Gasteiger partial charge in [0.25, 0.3) is 11.8 Å². The molecule has 188 valence electrons. The Morgan fingerprint density at radius 1 is 1.18 bits per heavy atom. The van der Waals surface area contributed by atoms with Gasteiger partial charge in [-0.3, -0.25) is 14.9 Å². The van der Waals surface area contributed by atoms with Crippen LogP contribution in [0.5, 0.6) is 5.75 Å². The Bertz CT molecular complexity index is 1720. The molecule has 4 heterocycles. The summed E-state index contributed by atoms with van der Waals surface area (Å²) in [6.45, 7) is -0.283. The quantitative estimate of drug-likeness (QED) is 0.393. The minimum atomic E-state index is -1.77. The van der Waals surface area contributed by atoms with E-state index >= 15 is 0 Å². The third-order valence-corrected chi connectivity index (χ3v) is 6.73. The van der Waals surface area contributed by atoms with Gasteiger partial charge in [0.1, 0.15) is 11.3 Å². The molecule has 38 heavy (non-hydrogen) atoms. The Morgan fingerprint density at radius 2 is 2.03 bits per heavy atom. The van der Waals surface area contributed by atoms with Gasteiger partial charge in [-0.15, -0.1) is 0 Å². The Kier molecular flexibility index (Phi) is 5.13. The first-order valence-corrected chi connectivity index (χ1v) is 11.5. The van der Waals surface area contributed by atoms with Crippen LogP contribution in [0.4, 0.5) is 9.18 Å². The average Bonchev–Trinajstić information content (AvgIpc) is 3.57. The molecule has 1 saturated heterocycles. The number of hydrogen-bond acceptors (Lipinski definition) is 7. The van der Waals surface area contributed by atoms with Gasteiger partial charge in [0.2, 0.25) is 0 Å². The molecule has 2 N–H and O–H groups in total. The zero-order chi connectivity index (χ0) is 26.6. The third kappa shape index (κ3) is 3.46. The van der Waals surface area contributed by atoms with Crippen LogP contribution in [0.1, 0.15) is 27.2 Å². The number of hydrogen-bond donors (Lipinski definition) is 2. The maximum Gasteiger partial charge on any atom is 0.322 e. The van der Waals surface area contributed by atoms with Crippen LogP contribution in [-0.2, 0) is 16.9 Å². The zero-order valence-corrected chi connectivity index (χ0v) is 19.9. The van der Waals surface area contributed by atoms with Crippen molar-refractivity contribution in [3.63, 3.8) is 0 Å². The number of pyridine rings is 1. The number of furan rings is 1. The average molecular weight is 511 g/mol. The van der Waals surface area contributed by atoms with Crippen molar-refractivity contribution >= 4 is 28.9 Å². The van der Waals surface area contributed by atoms with Gasteiger partial charge in [0, 0.05) is 18.2 Å². The van der Waals surface area contributed by atoms with Crippen LogP contribution in [-0.4, -0.2) is 41.4 Å². The summed E-state index contributed by atoms with van der Waals surface area (Å²) in [5.41, 5.74) is 1.05. The van der Waals surface area contributed by atoms with Crippen molar-refractivity contribution in [2.75, 3.05) is 13.7 Å². The highest BCUT2D eigenvalue weighted by molar-refractivity contribution is 6.08. The van der Waals surface area contributed by atoms with Gasteiger partial charge >= 0.3 is 6.03 Å². The summed E-state index contributed by atoms with van der Waals surface area (Å²) in [5.74, 6) is -2.15. The fourth-order valence-corrected chi connectivity index (χ4v) is 4.86. The largest absolute Gasteiger partial charge is 0.494 e. The molecule has 2 aromatic heterocycles. The Hall–Kier alpha value is -5.24. The molecule has 0 saturated carbocycles. The van der Waals surface area contributed by atoms with Gasteiger partial charge in [0.05, 0.1) is 36.5 Å². The SMILES string of the molecule is COc1ccc2c(c1F)C(=O)N(C[C@@]1(c3cc4nc(-c5cccc(C#N)c5)ccc4o3)NC(=O)NC1=O)C2. The second kappa shape index (κ2) is 8.41. The molecule has 11 heteroatoms. The predicted octanol–water partition coefficient (Wildman–Crippen LogP) is 3.20. The molecule has 1 atom stereocenters. The first kappa shape index (κ1) is 23.2. The molecule has 2 aromatic carbocycles. The maximum absolute atomic E-state index is 14.9. The number of aromatic nitrogens is 1. The molecular formula is C27H18FN5O5. The van der Waals surface area contributed by atoms with Crippen LogP contribution >= 0.6 is 0 Å². The molecule has 0 aliphatic carbocycles. The van der Waals surface area contributed by atoms with Crippen molar-refractivity contribution in [3.05, 3.63) is 82.9 Å². The summed E-state index contributed by atoms with van der Waals surface area (Å²) < 4.78 is 25.8. The molecule has 1 fully saturated rings. The third-order valence-electron chi connectivity index (χ3n) is 6.73. The monoisotopic (exact) mass is 511 g/mol. The number of methoxy groups -OCH3 is 1. The number of halogens is 1. The van der Waals surface area contributed by atoms with Gasteiger partial charge in [-0.1, -0.05) is 18.2 Å². The number of rotatable bonds is 5. The number of carbonyl (C=O) groups excluding carboxylic acids is 3. The molecule has 2 aliphatic rings. The minimum absolute atomic E-state index is 0.0256. The van der Waals surface area contributed by atoms with Crippen LogP contribution < -0.4 is 15.4 Å². The molecule has 6 rings (SSSR count). The van der Waals surface area contributed by atoms with E-state index in [0.717, 1.165) is 0 Å². The topological polar surface area (TPSA) is 138 Å². The summed E-state index contributed by atoms with van der Waals surface area (Å²) in [4.78, 5) is 44.5. The molecular weight excluding hydrogens is 493 g/mol. The molecule has 10 nitrogen and oxygen atoms in total. The number of carbonyl (C=O) groups is 3. The first-order chi connectivity index (χ1) is 18.3. The minimum Gasteiger partial charge on any atom is -0.494 e. The fraction of sp³-hybridized carbons (Fsp3) is 0.148. The highest BCUT2D eigenvalue weighted by atomic mass is 19.1. The normalized spacial score (nSPS) is 18.3.